The summed E-state index contributed by atoms with van der Waals surface area (Å²) in [6, 6.07) is 17.4. The van der Waals surface area contributed by atoms with Crippen molar-refractivity contribution in [2.24, 2.45) is 0 Å². The van der Waals surface area contributed by atoms with E-state index < -0.39 is 12.5 Å². The summed E-state index contributed by atoms with van der Waals surface area (Å²) < 4.78 is 30.6. The topological polar surface area (TPSA) is 84.8 Å². The fourth-order valence-corrected chi connectivity index (χ4v) is 3.09. The Balaban J connectivity index is 1.40. The van der Waals surface area contributed by atoms with Crippen LogP contribution in [0.4, 0.5) is 14.6 Å². The highest BCUT2D eigenvalue weighted by molar-refractivity contribution is 6.02. The van der Waals surface area contributed by atoms with Crippen LogP contribution in [-0.4, -0.2) is 32.5 Å². The number of H-pyrrole nitrogens is 1. The van der Waals surface area contributed by atoms with E-state index in [4.69, 9.17) is 0 Å². The van der Waals surface area contributed by atoms with Gasteiger partial charge < -0.3 is 10.1 Å². The van der Waals surface area contributed by atoms with Crippen LogP contribution in [0.3, 0.4) is 0 Å². The second-order valence-electron chi connectivity index (χ2n) is 6.91. The Morgan fingerprint density at radius 1 is 1.16 bits per heavy atom. The van der Waals surface area contributed by atoms with Gasteiger partial charge in [0.15, 0.2) is 5.82 Å². The van der Waals surface area contributed by atoms with Crippen LogP contribution in [0.2, 0.25) is 0 Å². The zero-order valence-corrected chi connectivity index (χ0v) is 16.5. The molecule has 0 saturated carbocycles. The van der Waals surface area contributed by atoms with Gasteiger partial charge in [-0.2, -0.15) is 19.0 Å². The summed E-state index contributed by atoms with van der Waals surface area (Å²) in [4.78, 5) is 12.5. The highest BCUT2D eigenvalue weighted by atomic mass is 19.3. The van der Waals surface area contributed by atoms with Crippen LogP contribution in [0, 0.1) is 6.92 Å². The van der Waals surface area contributed by atoms with Gasteiger partial charge in [-0.05, 0) is 42.8 Å². The van der Waals surface area contributed by atoms with Crippen molar-refractivity contribution in [1.29, 1.82) is 0 Å². The molecule has 9 heteroatoms. The maximum absolute atomic E-state index is 12.5. The maximum atomic E-state index is 12.5. The molecular formula is C22H19F2N5O2. The predicted octanol–water partition coefficient (Wildman–Crippen LogP) is 4.48. The number of aromatic amines is 1. The van der Waals surface area contributed by atoms with Gasteiger partial charge in [-0.3, -0.25) is 14.6 Å². The average molecular weight is 423 g/mol. The number of rotatable bonds is 7. The van der Waals surface area contributed by atoms with Crippen LogP contribution in [0.5, 0.6) is 5.75 Å². The first-order valence-corrected chi connectivity index (χ1v) is 9.47. The molecule has 0 spiro atoms. The molecule has 0 bridgehead atoms. The number of nitrogens with zero attached hydrogens (tertiary/aromatic N) is 3. The number of halogens is 2. The van der Waals surface area contributed by atoms with Crippen molar-refractivity contribution >= 4 is 11.7 Å². The summed E-state index contributed by atoms with van der Waals surface area (Å²) in [6.07, 6.45) is 1.79. The third-order valence-electron chi connectivity index (χ3n) is 4.51. The fraction of sp³-hybridized carbons (Fsp3) is 0.136. The molecule has 158 valence electrons. The van der Waals surface area contributed by atoms with E-state index in [1.165, 1.54) is 17.7 Å². The molecule has 7 nitrogen and oxygen atoms in total. The zero-order chi connectivity index (χ0) is 21.8. The summed E-state index contributed by atoms with van der Waals surface area (Å²) in [5.41, 5.74) is 3.68. The maximum Gasteiger partial charge on any atom is 0.387 e. The number of ether oxygens (including phenoxy) is 1. The van der Waals surface area contributed by atoms with Crippen molar-refractivity contribution < 1.29 is 18.3 Å². The minimum absolute atomic E-state index is 0.0495. The van der Waals surface area contributed by atoms with Gasteiger partial charge in [-0.15, -0.1) is 0 Å². The monoisotopic (exact) mass is 423 g/mol. The molecule has 2 heterocycles. The SMILES string of the molecule is Cc1cccc(Cn2ccc(NC(=O)c3cc(-c4ccc(OC(F)F)cc4)n[nH]3)n2)c1. The summed E-state index contributed by atoms with van der Waals surface area (Å²) in [6.45, 7) is -0.258. The van der Waals surface area contributed by atoms with Crippen molar-refractivity contribution in [1.82, 2.24) is 20.0 Å². The molecule has 31 heavy (non-hydrogen) atoms. The van der Waals surface area contributed by atoms with Crippen LogP contribution >= 0.6 is 0 Å². The fourth-order valence-electron chi connectivity index (χ4n) is 3.09. The quantitative estimate of drug-likeness (QED) is 0.459. The number of carbonyl (C=O) groups excluding carboxylic acids is 1. The van der Waals surface area contributed by atoms with Crippen molar-refractivity contribution in [3.63, 3.8) is 0 Å². The summed E-state index contributed by atoms with van der Waals surface area (Å²) in [5.74, 6) is 0.0769. The Morgan fingerprint density at radius 2 is 1.97 bits per heavy atom. The lowest BCUT2D eigenvalue weighted by molar-refractivity contribution is -0.0498. The molecule has 0 atom stereocenters. The lowest BCUT2D eigenvalue weighted by Gasteiger charge is -2.04. The van der Waals surface area contributed by atoms with Crippen LogP contribution in [0.1, 0.15) is 21.6 Å². The minimum Gasteiger partial charge on any atom is -0.435 e. The molecule has 0 aliphatic heterocycles. The number of alkyl halides is 2. The van der Waals surface area contributed by atoms with E-state index >= 15 is 0 Å². The van der Waals surface area contributed by atoms with E-state index in [-0.39, 0.29) is 11.4 Å². The molecule has 2 aromatic carbocycles. The summed E-state index contributed by atoms with van der Waals surface area (Å²) in [7, 11) is 0. The Kier molecular flexibility index (Phi) is 5.74. The van der Waals surface area contributed by atoms with Gasteiger partial charge >= 0.3 is 6.61 Å². The second kappa shape index (κ2) is 8.78. The van der Waals surface area contributed by atoms with E-state index in [0.717, 1.165) is 5.56 Å². The number of anilines is 1. The Morgan fingerprint density at radius 3 is 2.71 bits per heavy atom. The summed E-state index contributed by atoms with van der Waals surface area (Å²) >= 11 is 0. The lowest BCUT2D eigenvalue weighted by atomic mass is 10.1. The van der Waals surface area contributed by atoms with Crippen LogP contribution < -0.4 is 10.1 Å². The van der Waals surface area contributed by atoms with Gasteiger partial charge in [-0.25, -0.2) is 0 Å². The van der Waals surface area contributed by atoms with Crippen LogP contribution in [0.15, 0.2) is 66.9 Å². The third kappa shape index (κ3) is 5.13. The number of hydrogen-bond acceptors (Lipinski definition) is 4. The molecule has 2 N–H and O–H groups in total. The van der Waals surface area contributed by atoms with Crippen molar-refractivity contribution in [2.45, 2.75) is 20.1 Å². The van der Waals surface area contributed by atoms with Gasteiger partial charge in [0.2, 0.25) is 0 Å². The molecule has 0 aliphatic carbocycles. The zero-order valence-electron chi connectivity index (χ0n) is 16.5. The Bertz CT molecular complexity index is 1180. The molecule has 0 unspecified atom stereocenters. The normalized spacial score (nSPS) is 11.0. The lowest BCUT2D eigenvalue weighted by Crippen LogP contribution is -2.13. The van der Waals surface area contributed by atoms with E-state index in [1.807, 2.05) is 25.1 Å². The first kappa shape index (κ1) is 20.3. The number of nitrogens with one attached hydrogen (secondary N) is 2. The molecule has 1 amide bonds. The first-order chi connectivity index (χ1) is 15.0. The first-order valence-electron chi connectivity index (χ1n) is 9.47. The predicted molar refractivity (Wildman–Crippen MR) is 111 cm³/mol. The number of aryl methyl sites for hydroxylation is 1. The van der Waals surface area contributed by atoms with Crippen LogP contribution in [-0.2, 0) is 6.54 Å². The highest BCUT2D eigenvalue weighted by Crippen LogP contribution is 2.22. The Hall–Kier alpha value is -4.01. The van der Waals surface area contributed by atoms with E-state index in [0.29, 0.717) is 23.6 Å². The molecule has 0 fully saturated rings. The number of aromatic nitrogens is 4. The number of hydrogen-bond donors (Lipinski definition) is 2. The van der Waals surface area contributed by atoms with E-state index in [2.05, 4.69) is 31.4 Å². The van der Waals surface area contributed by atoms with Crippen molar-refractivity contribution in [2.75, 3.05) is 5.32 Å². The molecule has 0 saturated heterocycles. The van der Waals surface area contributed by atoms with Gasteiger partial charge in [0.1, 0.15) is 11.4 Å². The largest absolute Gasteiger partial charge is 0.435 e. The number of amides is 1. The standard InChI is InChI=1S/C22H19F2N5O2/c1-14-3-2-4-15(11-14)13-29-10-9-20(28-29)25-21(30)19-12-18(26-27-19)16-5-7-17(8-6-16)31-22(23)24/h2-12,22H,13H2,1H3,(H,26,27)(H,25,28,30). The number of carbonyl (C=O) groups is 1. The number of benzene rings is 2. The molecule has 4 aromatic rings. The van der Waals surface area contributed by atoms with E-state index in [9.17, 15) is 13.6 Å². The van der Waals surface area contributed by atoms with Gasteiger partial charge in [0.25, 0.3) is 5.91 Å². The minimum atomic E-state index is -2.88. The van der Waals surface area contributed by atoms with Crippen molar-refractivity contribution in [3.8, 4) is 17.0 Å². The molecule has 4 rings (SSSR count). The molecular weight excluding hydrogens is 404 g/mol. The van der Waals surface area contributed by atoms with Gasteiger partial charge in [0.05, 0.1) is 12.2 Å². The summed E-state index contributed by atoms with van der Waals surface area (Å²) in [5, 5.41) is 13.9. The van der Waals surface area contributed by atoms with Crippen LogP contribution in [0.25, 0.3) is 11.3 Å². The molecule has 2 aromatic heterocycles. The smallest absolute Gasteiger partial charge is 0.387 e. The second-order valence-corrected chi connectivity index (χ2v) is 6.91. The van der Waals surface area contributed by atoms with E-state index in [1.54, 1.807) is 35.1 Å². The average Bonchev–Trinajstić information content (AvgIpc) is 3.38. The van der Waals surface area contributed by atoms with Crippen molar-refractivity contribution in [3.05, 3.63) is 83.7 Å². The third-order valence-corrected chi connectivity index (χ3v) is 4.51. The molecule has 0 radical (unpaired) electrons. The Labute approximate surface area is 176 Å². The van der Waals surface area contributed by atoms with Gasteiger partial charge in [0, 0.05) is 17.8 Å². The van der Waals surface area contributed by atoms with Gasteiger partial charge in [-0.1, -0.05) is 29.8 Å². The molecule has 0 aliphatic rings. The highest BCUT2D eigenvalue weighted by Gasteiger charge is 2.13.